The van der Waals surface area contributed by atoms with Gasteiger partial charge in [-0.2, -0.15) is 0 Å². The molecular weight excluding hydrogens is 424 g/mol. The van der Waals surface area contributed by atoms with Gasteiger partial charge in [-0.15, -0.1) is 0 Å². The average molecular weight is 453 g/mol. The third kappa shape index (κ3) is 6.06. The van der Waals surface area contributed by atoms with Gasteiger partial charge in [0.05, 0.1) is 16.6 Å². The number of aryl methyl sites for hydroxylation is 2. The molecule has 0 aliphatic rings. The fraction of sp³-hybridized carbons (Fsp3) is 0.348. The highest BCUT2D eigenvalue weighted by atomic mass is 16.6. The van der Waals surface area contributed by atoms with Crippen LogP contribution in [0, 0.1) is 6.92 Å². The highest BCUT2D eigenvalue weighted by Crippen LogP contribution is 2.22. The molecular formula is C23H28N6O4. The number of pyridine rings is 1. The molecule has 2 heterocycles. The van der Waals surface area contributed by atoms with Crippen LogP contribution in [-0.4, -0.2) is 44.6 Å². The van der Waals surface area contributed by atoms with Crippen LogP contribution in [0.25, 0.3) is 11.0 Å². The Morgan fingerprint density at radius 3 is 2.61 bits per heavy atom. The van der Waals surface area contributed by atoms with Crippen molar-refractivity contribution in [3.8, 4) is 0 Å². The van der Waals surface area contributed by atoms with Crippen LogP contribution in [0.5, 0.6) is 0 Å². The maximum atomic E-state index is 12.8. The first-order valence-corrected chi connectivity index (χ1v) is 10.5. The molecule has 0 bridgehead atoms. The van der Waals surface area contributed by atoms with Gasteiger partial charge >= 0.3 is 6.09 Å². The van der Waals surface area contributed by atoms with E-state index >= 15 is 0 Å². The second-order valence-electron chi connectivity index (χ2n) is 8.53. The molecule has 0 unspecified atom stereocenters. The number of hydrogen-bond acceptors (Lipinski definition) is 6. The molecule has 0 atom stereocenters. The zero-order chi connectivity index (χ0) is 24.2. The Morgan fingerprint density at radius 2 is 1.94 bits per heavy atom. The van der Waals surface area contributed by atoms with E-state index in [-0.39, 0.29) is 5.91 Å². The Morgan fingerprint density at radius 1 is 1.18 bits per heavy atom. The number of amides is 3. The number of carbonyl (C=O) groups is 3. The number of alkyl carbamates (subject to hydrolysis) is 1. The summed E-state index contributed by atoms with van der Waals surface area (Å²) in [5, 5.41) is 5.55. The zero-order valence-electron chi connectivity index (χ0n) is 19.1. The highest BCUT2D eigenvalue weighted by molar-refractivity contribution is 6.05. The van der Waals surface area contributed by atoms with Gasteiger partial charge in [0.2, 0.25) is 11.9 Å². The van der Waals surface area contributed by atoms with Gasteiger partial charge < -0.3 is 20.4 Å². The SMILES string of the molecule is Cc1ncccc1C(=O)Nc1nc2cc(C(N)=O)ccc2n1CCCNC(=O)OC(C)(C)C. The molecule has 0 fully saturated rings. The lowest BCUT2D eigenvalue weighted by Crippen LogP contribution is -2.33. The first-order chi connectivity index (χ1) is 15.5. The van der Waals surface area contributed by atoms with Crippen LogP contribution in [0.2, 0.25) is 0 Å². The molecule has 10 heteroatoms. The predicted octanol–water partition coefficient (Wildman–Crippen LogP) is 3.01. The maximum absolute atomic E-state index is 12.8. The molecule has 3 amide bonds. The van der Waals surface area contributed by atoms with Gasteiger partial charge in [0.1, 0.15) is 5.60 Å². The van der Waals surface area contributed by atoms with Crippen LogP contribution in [0.15, 0.2) is 36.5 Å². The number of hydrogen-bond donors (Lipinski definition) is 3. The topological polar surface area (TPSA) is 141 Å². The second-order valence-corrected chi connectivity index (χ2v) is 8.53. The van der Waals surface area contributed by atoms with Crippen molar-refractivity contribution in [2.75, 3.05) is 11.9 Å². The molecule has 0 aliphatic heterocycles. The van der Waals surface area contributed by atoms with Gasteiger partial charge in [-0.1, -0.05) is 0 Å². The third-order valence-corrected chi connectivity index (χ3v) is 4.74. The van der Waals surface area contributed by atoms with Crippen molar-refractivity contribution < 1.29 is 19.1 Å². The average Bonchev–Trinajstić information content (AvgIpc) is 3.06. The van der Waals surface area contributed by atoms with Gasteiger partial charge in [-0.25, -0.2) is 9.78 Å². The van der Waals surface area contributed by atoms with E-state index in [1.165, 1.54) is 0 Å². The number of aromatic nitrogens is 3. The minimum Gasteiger partial charge on any atom is -0.444 e. The third-order valence-electron chi connectivity index (χ3n) is 4.74. The summed E-state index contributed by atoms with van der Waals surface area (Å²) in [7, 11) is 0. The number of rotatable bonds is 7. The number of nitrogens with two attached hydrogens (primary N) is 1. The van der Waals surface area contributed by atoms with Crippen molar-refractivity contribution in [1.82, 2.24) is 19.9 Å². The molecule has 2 aromatic heterocycles. The number of imidazole rings is 1. The minimum absolute atomic E-state index is 0.317. The van der Waals surface area contributed by atoms with Gasteiger partial charge in [0, 0.05) is 30.5 Å². The molecule has 10 nitrogen and oxygen atoms in total. The van der Waals surface area contributed by atoms with Crippen molar-refractivity contribution >= 4 is 34.9 Å². The number of nitrogens with zero attached hydrogens (tertiary/aromatic N) is 3. The fourth-order valence-electron chi connectivity index (χ4n) is 3.24. The van der Waals surface area contributed by atoms with E-state index in [4.69, 9.17) is 10.5 Å². The Bertz CT molecular complexity index is 1200. The Balaban J connectivity index is 1.81. The number of anilines is 1. The van der Waals surface area contributed by atoms with E-state index < -0.39 is 17.6 Å². The first-order valence-electron chi connectivity index (χ1n) is 10.5. The van der Waals surface area contributed by atoms with Crippen molar-refractivity contribution in [2.24, 2.45) is 5.73 Å². The van der Waals surface area contributed by atoms with Crippen LogP contribution in [0.1, 0.15) is 53.6 Å². The Kier molecular flexibility index (Phi) is 6.95. The van der Waals surface area contributed by atoms with Gasteiger partial charge in [0.15, 0.2) is 0 Å². The maximum Gasteiger partial charge on any atom is 0.407 e. The molecule has 0 saturated heterocycles. The van der Waals surface area contributed by atoms with Crippen LogP contribution >= 0.6 is 0 Å². The van der Waals surface area contributed by atoms with Crippen LogP contribution in [0.4, 0.5) is 10.7 Å². The largest absolute Gasteiger partial charge is 0.444 e. The summed E-state index contributed by atoms with van der Waals surface area (Å²) in [6.45, 7) is 7.95. The van der Waals surface area contributed by atoms with E-state index in [1.807, 2.05) is 4.57 Å². The lowest BCUT2D eigenvalue weighted by Gasteiger charge is -2.19. The number of fused-ring (bicyclic) bond motifs is 1. The van der Waals surface area contributed by atoms with Crippen LogP contribution < -0.4 is 16.4 Å². The molecule has 4 N–H and O–H groups in total. The molecule has 0 radical (unpaired) electrons. The molecule has 3 aromatic rings. The lowest BCUT2D eigenvalue weighted by atomic mass is 10.2. The molecule has 0 saturated carbocycles. The van der Waals surface area contributed by atoms with Crippen molar-refractivity contribution in [3.63, 3.8) is 0 Å². The molecule has 33 heavy (non-hydrogen) atoms. The Hall–Kier alpha value is -3.95. The van der Waals surface area contributed by atoms with E-state index in [2.05, 4.69) is 20.6 Å². The normalized spacial score (nSPS) is 11.3. The van der Waals surface area contributed by atoms with Crippen LogP contribution in [0.3, 0.4) is 0 Å². The first kappa shape index (κ1) is 23.7. The van der Waals surface area contributed by atoms with Gasteiger partial charge in [-0.05, 0) is 64.4 Å². The molecule has 0 aliphatic carbocycles. The summed E-state index contributed by atoms with van der Waals surface area (Å²) < 4.78 is 7.06. The van der Waals surface area contributed by atoms with Crippen molar-refractivity contribution in [2.45, 2.75) is 46.3 Å². The number of ether oxygens (including phenoxy) is 1. The summed E-state index contributed by atoms with van der Waals surface area (Å²) in [5.74, 6) is -0.596. The zero-order valence-corrected chi connectivity index (χ0v) is 19.1. The van der Waals surface area contributed by atoms with E-state index in [0.717, 1.165) is 5.52 Å². The van der Waals surface area contributed by atoms with Crippen molar-refractivity contribution in [3.05, 3.63) is 53.3 Å². The van der Waals surface area contributed by atoms with Gasteiger partial charge in [-0.3, -0.25) is 19.9 Å². The quantitative estimate of drug-likeness (QED) is 0.471. The summed E-state index contributed by atoms with van der Waals surface area (Å²) in [6, 6.07) is 8.29. The predicted molar refractivity (Wildman–Crippen MR) is 124 cm³/mol. The fourth-order valence-corrected chi connectivity index (χ4v) is 3.24. The number of nitrogens with one attached hydrogen (secondary N) is 2. The standard InChI is InChI=1S/C23H28N6O4/c1-14-16(7-5-10-25-14)20(31)28-21-27-17-13-15(19(24)30)8-9-18(17)29(21)12-6-11-26-22(32)33-23(2,3)4/h5,7-10,13H,6,11-12H2,1-4H3,(H2,24,30)(H,26,32)(H,27,28,31). The van der Waals surface area contributed by atoms with E-state index in [9.17, 15) is 14.4 Å². The number of primary amides is 1. The molecule has 174 valence electrons. The van der Waals surface area contributed by atoms with E-state index in [0.29, 0.717) is 47.8 Å². The van der Waals surface area contributed by atoms with Crippen LogP contribution in [-0.2, 0) is 11.3 Å². The van der Waals surface area contributed by atoms with Gasteiger partial charge in [0.25, 0.3) is 5.91 Å². The minimum atomic E-state index is -0.579. The summed E-state index contributed by atoms with van der Waals surface area (Å²) in [4.78, 5) is 44.9. The number of carbonyl (C=O) groups excluding carboxylic acids is 3. The summed E-state index contributed by atoms with van der Waals surface area (Å²) in [5.41, 5.74) is 7.39. The van der Waals surface area contributed by atoms with E-state index in [1.54, 1.807) is 64.2 Å². The monoisotopic (exact) mass is 452 g/mol. The summed E-state index contributed by atoms with van der Waals surface area (Å²) in [6.07, 6.45) is 1.67. The highest BCUT2D eigenvalue weighted by Gasteiger charge is 2.18. The van der Waals surface area contributed by atoms with Crippen molar-refractivity contribution in [1.29, 1.82) is 0 Å². The Labute approximate surface area is 191 Å². The smallest absolute Gasteiger partial charge is 0.407 e. The summed E-state index contributed by atoms with van der Waals surface area (Å²) >= 11 is 0. The molecule has 0 spiro atoms. The number of benzene rings is 1. The lowest BCUT2D eigenvalue weighted by molar-refractivity contribution is 0.0526. The molecule has 1 aromatic carbocycles. The molecule has 3 rings (SSSR count). The second kappa shape index (κ2) is 9.68.